The second-order valence-electron chi connectivity index (χ2n) is 4.29. The molecule has 1 fully saturated rings. The average Bonchev–Trinajstić information content (AvgIpc) is 3.14. The van der Waals surface area contributed by atoms with Gasteiger partial charge in [0.2, 0.25) is 5.91 Å². The molecule has 2 N–H and O–H groups in total. The molecule has 0 heterocycles. The molecule has 0 bridgehead atoms. The van der Waals surface area contributed by atoms with E-state index in [-0.39, 0.29) is 17.5 Å². The third-order valence-electron chi connectivity index (χ3n) is 2.62. The molecule has 0 aliphatic heterocycles. The first-order valence-electron chi connectivity index (χ1n) is 5.65. The van der Waals surface area contributed by atoms with Crippen molar-refractivity contribution in [2.45, 2.75) is 19.0 Å². The highest BCUT2D eigenvalue weighted by Crippen LogP contribution is 2.30. The molecule has 0 aromatic heterocycles. The molecule has 2 rings (SSSR count). The Hall–Kier alpha value is -2.05. The lowest BCUT2D eigenvalue weighted by molar-refractivity contribution is -0.167. The molecule has 0 atom stereocenters. The van der Waals surface area contributed by atoms with Crippen LogP contribution in [0.2, 0.25) is 0 Å². The van der Waals surface area contributed by atoms with Gasteiger partial charge in [-0.25, -0.2) is 0 Å². The maximum Gasteiger partial charge on any atom is 0.471 e. The molecule has 0 spiro atoms. The van der Waals surface area contributed by atoms with E-state index in [4.69, 9.17) is 0 Å². The van der Waals surface area contributed by atoms with Gasteiger partial charge in [0, 0.05) is 17.3 Å². The molecule has 0 saturated heterocycles. The fourth-order valence-corrected chi connectivity index (χ4v) is 1.43. The molecule has 1 aromatic carbocycles. The van der Waals surface area contributed by atoms with Gasteiger partial charge in [-0.15, -0.1) is 0 Å². The van der Waals surface area contributed by atoms with Crippen molar-refractivity contribution >= 4 is 23.2 Å². The molecule has 4 nitrogen and oxygen atoms in total. The third-order valence-corrected chi connectivity index (χ3v) is 2.62. The van der Waals surface area contributed by atoms with Gasteiger partial charge in [-0.3, -0.25) is 9.59 Å². The maximum atomic E-state index is 12.0. The Morgan fingerprint density at radius 2 is 1.47 bits per heavy atom. The predicted octanol–water partition coefficient (Wildman–Crippen LogP) is 2.54. The summed E-state index contributed by atoms with van der Waals surface area (Å²) in [5.74, 6) is -2.07. The number of hydrogen-bond donors (Lipinski definition) is 2. The topological polar surface area (TPSA) is 58.2 Å². The molecular formula is C12H11F3N2O2. The Bertz CT molecular complexity index is 493. The second kappa shape index (κ2) is 4.91. The van der Waals surface area contributed by atoms with E-state index in [9.17, 15) is 22.8 Å². The van der Waals surface area contributed by atoms with Gasteiger partial charge in [0.25, 0.3) is 0 Å². The summed E-state index contributed by atoms with van der Waals surface area (Å²) >= 11 is 0. The summed E-state index contributed by atoms with van der Waals surface area (Å²) in [6.45, 7) is 0. The maximum absolute atomic E-state index is 12.0. The Morgan fingerprint density at radius 1 is 1.00 bits per heavy atom. The predicted molar refractivity (Wildman–Crippen MR) is 62.5 cm³/mol. The molecular weight excluding hydrogens is 261 g/mol. The van der Waals surface area contributed by atoms with Crippen molar-refractivity contribution < 1.29 is 22.8 Å². The van der Waals surface area contributed by atoms with Crippen LogP contribution in [-0.2, 0) is 9.59 Å². The van der Waals surface area contributed by atoms with E-state index in [1.807, 2.05) is 0 Å². The zero-order chi connectivity index (χ0) is 14.0. The number of anilines is 2. The number of benzene rings is 1. The SMILES string of the molecule is O=C(Nc1ccc(NC(=O)C(F)(F)F)cc1)C1CC1. The fourth-order valence-electron chi connectivity index (χ4n) is 1.43. The van der Waals surface area contributed by atoms with Crippen LogP contribution in [0.25, 0.3) is 0 Å². The van der Waals surface area contributed by atoms with Gasteiger partial charge in [-0.1, -0.05) is 0 Å². The summed E-state index contributed by atoms with van der Waals surface area (Å²) in [6, 6.07) is 5.47. The number of hydrogen-bond acceptors (Lipinski definition) is 2. The fraction of sp³-hybridized carbons (Fsp3) is 0.333. The largest absolute Gasteiger partial charge is 0.471 e. The normalized spacial score (nSPS) is 14.9. The van der Waals surface area contributed by atoms with Crippen molar-refractivity contribution in [3.05, 3.63) is 24.3 Å². The van der Waals surface area contributed by atoms with Crippen molar-refractivity contribution in [2.24, 2.45) is 5.92 Å². The number of carbonyl (C=O) groups is 2. The third kappa shape index (κ3) is 3.70. The van der Waals surface area contributed by atoms with Crippen LogP contribution < -0.4 is 10.6 Å². The lowest BCUT2D eigenvalue weighted by Gasteiger charge is -2.09. The quantitative estimate of drug-likeness (QED) is 0.888. The molecule has 102 valence electrons. The van der Waals surface area contributed by atoms with Crippen molar-refractivity contribution in [3.8, 4) is 0 Å². The molecule has 2 amide bonds. The zero-order valence-corrected chi connectivity index (χ0v) is 9.75. The number of nitrogens with one attached hydrogen (secondary N) is 2. The Balaban J connectivity index is 1.94. The van der Waals surface area contributed by atoms with E-state index in [2.05, 4.69) is 5.32 Å². The summed E-state index contributed by atoms with van der Waals surface area (Å²) in [5, 5.41) is 4.36. The molecule has 1 aliphatic carbocycles. The molecule has 7 heteroatoms. The van der Waals surface area contributed by atoms with Gasteiger partial charge in [-0.2, -0.15) is 13.2 Å². The lowest BCUT2D eigenvalue weighted by Crippen LogP contribution is -2.29. The van der Waals surface area contributed by atoms with E-state index in [0.29, 0.717) is 5.69 Å². The van der Waals surface area contributed by atoms with Crippen molar-refractivity contribution in [3.63, 3.8) is 0 Å². The van der Waals surface area contributed by atoms with Gasteiger partial charge in [-0.05, 0) is 37.1 Å². The van der Waals surface area contributed by atoms with Crippen molar-refractivity contribution in [2.75, 3.05) is 10.6 Å². The van der Waals surface area contributed by atoms with E-state index >= 15 is 0 Å². The highest BCUT2D eigenvalue weighted by Gasteiger charge is 2.38. The highest BCUT2D eigenvalue weighted by molar-refractivity contribution is 5.96. The highest BCUT2D eigenvalue weighted by atomic mass is 19.4. The molecule has 0 radical (unpaired) electrons. The second-order valence-corrected chi connectivity index (χ2v) is 4.29. The molecule has 1 aromatic rings. The summed E-state index contributed by atoms with van der Waals surface area (Å²) < 4.78 is 36.0. The van der Waals surface area contributed by atoms with Crippen molar-refractivity contribution in [1.82, 2.24) is 0 Å². The first-order chi connectivity index (χ1) is 8.86. The molecule has 0 unspecified atom stereocenters. The Morgan fingerprint density at radius 3 is 1.89 bits per heavy atom. The standard InChI is InChI=1S/C12H11F3N2O2/c13-12(14,15)11(19)17-9-5-3-8(4-6-9)16-10(18)7-1-2-7/h3-7H,1-2H2,(H,16,18)(H,17,19). The van der Waals surface area contributed by atoms with Crippen LogP contribution in [0.15, 0.2) is 24.3 Å². The van der Waals surface area contributed by atoms with E-state index in [1.165, 1.54) is 24.3 Å². The van der Waals surface area contributed by atoms with E-state index in [1.54, 1.807) is 5.32 Å². The van der Waals surface area contributed by atoms with Gasteiger partial charge >= 0.3 is 12.1 Å². The average molecular weight is 272 g/mol. The number of alkyl halides is 3. The summed E-state index contributed by atoms with van der Waals surface area (Å²) in [6.07, 6.45) is -3.18. The minimum atomic E-state index is -4.92. The van der Waals surface area contributed by atoms with Crippen LogP contribution in [0.3, 0.4) is 0 Å². The summed E-state index contributed by atoms with van der Waals surface area (Å²) in [5.41, 5.74) is 0.508. The summed E-state index contributed by atoms with van der Waals surface area (Å²) in [4.78, 5) is 22.1. The number of halogens is 3. The number of rotatable bonds is 3. The van der Waals surface area contributed by atoms with Gasteiger partial charge in [0.05, 0.1) is 0 Å². The van der Waals surface area contributed by atoms with E-state index in [0.717, 1.165) is 12.8 Å². The van der Waals surface area contributed by atoms with Crippen LogP contribution >= 0.6 is 0 Å². The zero-order valence-electron chi connectivity index (χ0n) is 9.75. The first-order valence-corrected chi connectivity index (χ1v) is 5.65. The van der Waals surface area contributed by atoms with Crippen LogP contribution in [0, 0.1) is 5.92 Å². The molecule has 1 aliphatic rings. The number of carbonyl (C=O) groups excluding carboxylic acids is 2. The van der Waals surface area contributed by atoms with Crippen LogP contribution in [0.5, 0.6) is 0 Å². The minimum Gasteiger partial charge on any atom is -0.326 e. The van der Waals surface area contributed by atoms with Crippen molar-refractivity contribution in [1.29, 1.82) is 0 Å². The Kier molecular flexibility index (Phi) is 3.46. The minimum absolute atomic E-state index is 0.0201. The number of amides is 2. The van der Waals surface area contributed by atoms with Crippen LogP contribution in [-0.4, -0.2) is 18.0 Å². The molecule has 19 heavy (non-hydrogen) atoms. The monoisotopic (exact) mass is 272 g/mol. The summed E-state index contributed by atoms with van der Waals surface area (Å²) in [7, 11) is 0. The van der Waals surface area contributed by atoms with E-state index < -0.39 is 12.1 Å². The van der Waals surface area contributed by atoms with Gasteiger partial charge < -0.3 is 10.6 Å². The smallest absolute Gasteiger partial charge is 0.326 e. The Labute approximate surface area is 107 Å². The van der Waals surface area contributed by atoms with Gasteiger partial charge in [0.15, 0.2) is 0 Å². The lowest BCUT2D eigenvalue weighted by atomic mass is 10.2. The first kappa shape index (κ1) is 13.4. The van der Waals surface area contributed by atoms with Gasteiger partial charge in [0.1, 0.15) is 0 Å². The van der Waals surface area contributed by atoms with Crippen LogP contribution in [0.1, 0.15) is 12.8 Å². The van der Waals surface area contributed by atoms with Crippen LogP contribution in [0.4, 0.5) is 24.5 Å². The molecule has 1 saturated carbocycles.